The summed E-state index contributed by atoms with van der Waals surface area (Å²) in [5, 5.41) is 2.66. The molecule has 0 aromatic carbocycles. The van der Waals surface area contributed by atoms with Gasteiger partial charge in [-0.05, 0) is 24.7 Å². The van der Waals surface area contributed by atoms with Crippen LogP contribution < -0.4 is 11.1 Å². The Hall–Kier alpha value is -1.10. The molecule has 1 rings (SSSR count). The molecule has 2 amide bonds. The highest BCUT2D eigenvalue weighted by Crippen LogP contribution is 2.22. The first kappa shape index (κ1) is 17.0. The van der Waals surface area contributed by atoms with Crippen molar-refractivity contribution in [2.45, 2.75) is 52.5 Å². The van der Waals surface area contributed by atoms with Crippen molar-refractivity contribution in [1.82, 2.24) is 10.2 Å². The van der Waals surface area contributed by atoms with E-state index in [9.17, 15) is 9.59 Å². The Morgan fingerprint density at radius 2 is 2.05 bits per heavy atom. The molecule has 0 bridgehead atoms. The van der Waals surface area contributed by atoms with E-state index in [0.29, 0.717) is 13.0 Å². The maximum atomic E-state index is 12.3. The van der Waals surface area contributed by atoms with Crippen LogP contribution in [0, 0.1) is 11.3 Å². The average Bonchev–Trinajstić information content (AvgIpc) is 2.35. The number of hydrogen-bond donors (Lipinski definition) is 2. The molecule has 20 heavy (non-hydrogen) atoms. The van der Waals surface area contributed by atoms with Gasteiger partial charge in [-0.2, -0.15) is 0 Å². The fraction of sp³-hybridized carbons (Fsp3) is 0.867. The third-order valence-corrected chi connectivity index (χ3v) is 3.70. The molecule has 0 spiro atoms. The van der Waals surface area contributed by atoms with Gasteiger partial charge in [0.15, 0.2) is 0 Å². The average molecular weight is 283 g/mol. The summed E-state index contributed by atoms with van der Waals surface area (Å²) in [7, 11) is 1.64. The van der Waals surface area contributed by atoms with Crippen molar-refractivity contribution in [3.8, 4) is 0 Å². The summed E-state index contributed by atoms with van der Waals surface area (Å²) in [4.78, 5) is 25.7. The minimum atomic E-state index is -0.108. The lowest BCUT2D eigenvalue weighted by Crippen LogP contribution is -2.46. The van der Waals surface area contributed by atoms with Crippen molar-refractivity contribution in [3.05, 3.63) is 0 Å². The minimum Gasteiger partial charge on any atom is -0.359 e. The Balaban J connectivity index is 2.48. The minimum absolute atomic E-state index is 0.0292. The van der Waals surface area contributed by atoms with E-state index >= 15 is 0 Å². The van der Waals surface area contributed by atoms with Crippen LogP contribution in [0.25, 0.3) is 0 Å². The van der Waals surface area contributed by atoms with E-state index in [0.717, 1.165) is 25.8 Å². The monoisotopic (exact) mass is 283 g/mol. The van der Waals surface area contributed by atoms with Gasteiger partial charge in [0.2, 0.25) is 11.8 Å². The van der Waals surface area contributed by atoms with E-state index in [2.05, 4.69) is 26.1 Å². The summed E-state index contributed by atoms with van der Waals surface area (Å²) in [6.07, 6.45) is 2.94. The summed E-state index contributed by atoms with van der Waals surface area (Å²) in [6.45, 7) is 7.65. The van der Waals surface area contributed by atoms with Crippen molar-refractivity contribution in [2.75, 3.05) is 20.1 Å². The topological polar surface area (TPSA) is 75.4 Å². The Kier molecular flexibility index (Phi) is 5.99. The highest BCUT2D eigenvalue weighted by molar-refractivity contribution is 5.81. The van der Waals surface area contributed by atoms with Crippen LogP contribution in [0.1, 0.15) is 46.5 Å². The van der Waals surface area contributed by atoms with E-state index in [-0.39, 0.29) is 29.2 Å². The predicted molar refractivity (Wildman–Crippen MR) is 80.0 cm³/mol. The molecule has 1 fully saturated rings. The van der Waals surface area contributed by atoms with Crippen molar-refractivity contribution in [3.63, 3.8) is 0 Å². The van der Waals surface area contributed by atoms with Crippen LogP contribution in [-0.2, 0) is 9.59 Å². The number of piperidine rings is 1. The molecule has 5 heteroatoms. The van der Waals surface area contributed by atoms with Crippen LogP contribution in [0.3, 0.4) is 0 Å². The summed E-state index contributed by atoms with van der Waals surface area (Å²) in [5.41, 5.74) is 6.19. The highest BCUT2D eigenvalue weighted by atomic mass is 16.2. The van der Waals surface area contributed by atoms with Gasteiger partial charge in [-0.25, -0.2) is 0 Å². The van der Waals surface area contributed by atoms with Crippen molar-refractivity contribution in [1.29, 1.82) is 0 Å². The van der Waals surface area contributed by atoms with Gasteiger partial charge in [0.25, 0.3) is 0 Å². The molecule has 0 aliphatic carbocycles. The van der Waals surface area contributed by atoms with Crippen molar-refractivity contribution >= 4 is 11.8 Å². The van der Waals surface area contributed by atoms with Crippen LogP contribution in [-0.4, -0.2) is 42.9 Å². The Morgan fingerprint density at radius 1 is 1.40 bits per heavy atom. The molecule has 1 aliphatic heterocycles. The molecular formula is C15H29N3O2. The van der Waals surface area contributed by atoms with Crippen LogP contribution in [0.15, 0.2) is 0 Å². The number of carbonyl (C=O) groups excluding carboxylic acids is 2. The fourth-order valence-electron chi connectivity index (χ4n) is 2.83. The third-order valence-electron chi connectivity index (χ3n) is 3.70. The lowest BCUT2D eigenvalue weighted by molar-refractivity contribution is -0.135. The van der Waals surface area contributed by atoms with Gasteiger partial charge in [0, 0.05) is 32.6 Å². The lowest BCUT2D eigenvalue weighted by atomic mass is 9.87. The standard InChI is InChI=1S/C15H29N3O2/c1-15(2,3)9-12(16)8-13(19)18-7-5-6-11(10-18)14(20)17-4/h11-12H,5-10,16H2,1-4H3,(H,17,20). The maximum Gasteiger partial charge on any atom is 0.224 e. The van der Waals surface area contributed by atoms with Gasteiger partial charge < -0.3 is 16.0 Å². The highest BCUT2D eigenvalue weighted by Gasteiger charge is 2.29. The Morgan fingerprint density at radius 3 is 2.60 bits per heavy atom. The molecular weight excluding hydrogens is 254 g/mol. The van der Waals surface area contributed by atoms with E-state index < -0.39 is 0 Å². The number of nitrogens with two attached hydrogens (primary N) is 1. The molecule has 0 radical (unpaired) electrons. The van der Waals surface area contributed by atoms with Gasteiger partial charge in [-0.15, -0.1) is 0 Å². The molecule has 3 N–H and O–H groups in total. The van der Waals surface area contributed by atoms with E-state index in [1.54, 1.807) is 11.9 Å². The first-order valence-electron chi connectivity index (χ1n) is 7.48. The molecule has 1 saturated heterocycles. The van der Waals surface area contributed by atoms with Gasteiger partial charge in [-0.3, -0.25) is 9.59 Å². The number of hydrogen-bond acceptors (Lipinski definition) is 3. The van der Waals surface area contributed by atoms with Crippen molar-refractivity contribution in [2.24, 2.45) is 17.1 Å². The fourth-order valence-corrected chi connectivity index (χ4v) is 2.83. The molecule has 116 valence electrons. The second-order valence-corrected chi connectivity index (χ2v) is 7.02. The number of nitrogens with one attached hydrogen (secondary N) is 1. The van der Waals surface area contributed by atoms with Gasteiger partial charge in [0.05, 0.1) is 5.92 Å². The van der Waals surface area contributed by atoms with Gasteiger partial charge in [0.1, 0.15) is 0 Å². The molecule has 0 aromatic rings. The van der Waals surface area contributed by atoms with E-state index in [4.69, 9.17) is 5.73 Å². The Bertz CT molecular complexity index is 350. The number of nitrogens with zero attached hydrogens (tertiary/aromatic N) is 1. The van der Waals surface area contributed by atoms with Crippen LogP contribution >= 0.6 is 0 Å². The number of rotatable bonds is 4. The maximum absolute atomic E-state index is 12.3. The second-order valence-electron chi connectivity index (χ2n) is 7.02. The molecule has 0 aromatic heterocycles. The van der Waals surface area contributed by atoms with Gasteiger partial charge >= 0.3 is 0 Å². The largest absolute Gasteiger partial charge is 0.359 e. The number of amides is 2. The summed E-state index contributed by atoms with van der Waals surface area (Å²) < 4.78 is 0. The zero-order chi connectivity index (χ0) is 15.3. The number of likely N-dealkylation sites (tertiary alicyclic amines) is 1. The molecule has 1 aliphatic rings. The first-order chi connectivity index (χ1) is 9.23. The quantitative estimate of drug-likeness (QED) is 0.812. The molecule has 2 atom stereocenters. The van der Waals surface area contributed by atoms with Crippen LogP contribution in [0.5, 0.6) is 0 Å². The van der Waals surface area contributed by atoms with Crippen molar-refractivity contribution < 1.29 is 9.59 Å². The molecule has 1 heterocycles. The van der Waals surface area contributed by atoms with E-state index in [1.165, 1.54) is 0 Å². The SMILES string of the molecule is CNC(=O)C1CCCN(C(=O)CC(N)CC(C)(C)C)C1. The zero-order valence-electron chi connectivity index (χ0n) is 13.2. The summed E-state index contributed by atoms with van der Waals surface area (Å²) in [6, 6.07) is -0.108. The van der Waals surface area contributed by atoms with Crippen LogP contribution in [0.4, 0.5) is 0 Å². The van der Waals surface area contributed by atoms with E-state index in [1.807, 2.05) is 0 Å². The lowest BCUT2D eigenvalue weighted by Gasteiger charge is -2.33. The number of carbonyl (C=O) groups is 2. The second kappa shape index (κ2) is 7.07. The predicted octanol–water partition coefficient (Wildman–Crippen LogP) is 1.12. The molecule has 5 nitrogen and oxygen atoms in total. The first-order valence-corrected chi connectivity index (χ1v) is 7.48. The third kappa shape index (κ3) is 5.49. The summed E-state index contributed by atoms with van der Waals surface area (Å²) >= 11 is 0. The Labute approximate surface area is 122 Å². The summed E-state index contributed by atoms with van der Waals surface area (Å²) in [5.74, 6) is 0.0355. The molecule has 0 saturated carbocycles. The smallest absolute Gasteiger partial charge is 0.224 e. The van der Waals surface area contributed by atoms with Crippen LogP contribution in [0.2, 0.25) is 0 Å². The van der Waals surface area contributed by atoms with Gasteiger partial charge in [-0.1, -0.05) is 20.8 Å². The molecule has 2 unspecified atom stereocenters. The normalized spacial score (nSPS) is 21.4. The zero-order valence-corrected chi connectivity index (χ0v) is 13.2.